The Bertz CT molecular complexity index is 310. The van der Waals surface area contributed by atoms with Crippen molar-refractivity contribution in [2.75, 3.05) is 6.61 Å². The van der Waals surface area contributed by atoms with Crippen molar-refractivity contribution < 1.29 is 5.11 Å². The van der Waals surface area contributed by atoms with Gasteiger partial charge in [0.25, 0.3) is 0 Å². The van der Waals surface area contributed by atoms with Crippen LogP contribution < -0.4 is 5.32 Å². The Morgan fingerprint density at radius 3 is 2.28 bits per heavy atom. The zero-order chi connectivity index (χ0) is 13.4. The van der Waals surface area contributed by atoms with E-state index < -0.39 is 0 Å². The number of benzene rings is 1. The summed E-state index contributed by atoms with van der Waals surface area (Å²) in [6.45, 7) is 6.93. The molecule has 0 fully saturated rings. The van der Waals surface area contributed by atoms with Gasteiger partial charge in [-0.25, -0.2) is 0 Å². The predicted octanol–water partition coefficient (Wildman–Crippen LogP) is 3.00. The molecule has 0 heterocycles. The molecule has 0 bridgehead atoms. The molecule has 0 aliphatic rings. The molecular weight excluding hydrogens is 222 g/mol. The van der Waals surface area contributed by atoms with Gasteiger partial charge in [-0.05, 0) is 37.7 Å². The van der Waals surface area contributed by atoms with E-state index in [1.54, 1.807) is 0 Å². The van der Waals surface area contributed by atoms with Gasteiger partial charge in [-0.3, -0.25) is 0 Å². The van der Waals surface area contributed by atoms with Crippen LogP contribution in [0.3, 0.4) is 0 Å². The summed E-state index contributed by atoms with van der Waals surface area (Å²) >= 11 is 0. The van der Waals surface area contributed by atoms with Crippen molar-refractivity contribution >= 4 is 0 Å². The Hall–Kier alpha value is -0.860. The molecule has 2 atom stereocenters. The summed E-state index contributed by atoms with van der Waals surface area (Å²) in [7, 11) is 0. The second kappa shape index (κ2) is 8.28. The van der Waals surface area contributed by atoms with Crippen molar-refractivity contribution in [3.05, 3.63) is 35.9 Å². The minimum atomic E-state index is 0.262. The number of rotatable bonds is 8. The van der Waals surface area contributed by atoms with Crippen LogP contribution in [0.4, 0.5) is 0 Å². The van der Waals surface area contributed by atoms with Crippen molar-refractivity contribution in [3.8, 4) is 0 Å². The first-order valence-electron chi connectivity index (χ1n) is 7.04. The average Bonchev–Trinajstić information content (AvgIpc) is 2.35. The predicted molar refractivity (Wildman–Crippen MR) is 77.7 cm³/mol. The summed E-state index contributed by atoms with van der Waals surface area (Å²) in [5, 5.41) is 12.6. The molecule has 0 aliphatic heterocycles. The third-order valence-electron chi connectivity index (χ3n) is 3.45. The molecule has 1 unspecified atom stereocenters. The smallest absolute Gasteiger partial charge is 0.0445 e. The van der Waals surface area contributed by atoms with Crippen LogP contribution in [0.25, 0.3) is 0 Å². The number of nitrogens with one attached hydrogen (secondary N) is 1. The highest BCUT2D eigenvalue weighted by Gasteiger charge is 2.15. The highest BCUT2D eigenvalue weighted by Crippen LogP contribution is 2.12. The molecule has 0 saturated carbocycles. The maximum atomic E-state index is 8.96. The van der Waals surface area contributed by atoms with Crippen molar-refractivity contribution in [3.63, 3.8) is 0 Å². The Morgan fingerprint density at radius 1 is 1.06 bits per heavy atom. The normalized spacial score (nSPS) is 14.7. The fraction of sp³-hybridized carbons (Fsp3) is 0.625. The Labute approximate surface area is 111 Å². The SMILES string of the molecule is CC(C)C(CCc1ccccc1)N[C@H](C)CCO. The van der Waals surface area contributed by atoms with E-state index in [1.165, 1.54) is 5.56 Å². The van der Waals surface area contributed by atoms with Crippen molar-refractivity contribution in [1.82, 2.24) is 5.32 Å². The topological polar surface area (TPSA) is 32.3 Å². The molecule has 1 aromatic rings. The van der Waals surface area contributed by atoms with Crippen LogP contribution in [0.5, 0.6) is 0 Å². The molecule has 0 amide bonds. The first kappa shape index (κ1) is 15.2. The van der Waals surface area contributed by atoms with Gasteiger partial charge in [-0.1, -0.05) is 44.2 Å². The molecule has 1 rings (SSSR count). The lowest BCUT2D eigenvalue weighted by molar-refractivity contribution is 0.251. The van der Waals surface area contributed by atoms with E-state index in [1.807, 2.05) is 0 Å². The van der Waals surface area contributed by atoms with Crippen LogP contribution >= 0.6 is 0 Å². The van der Waals surface area contributed by atoms with Crippen molar-refractivity contribution in [2.45, 2.75) is 52.1 Å². The van der Waals surface area contributed by atoms with Gasteiger partial charge in [0.1, 0.15) is 0 Å². The first-order chi connectivity index (χ1) is 8.63. The van der Waals surface area contributed by atoms with Crippen molar-refractivity contribution in [2.24, 2.45) is 5.92 Å². The van der Waals surface area contributed by atoms with E-state index in [0.29, 0.717) is 18.0 Å². The van der Waals surface area contributed by atoms with Gasteiger partial charge < -0.3 is 10.4 Å². The van der Waals surface area contributed by atoms with Gasteiger partial charge in [0.2, 0.25) is 0 Å². The second-order valence-electron chi connectivity index (χ2n) is 5.45. The van der Waals surface area contributed by atoms with Crippen LogP contribution in [0.1, 0.15) is 39.2 Å². The Kier molecular flexibility index (Phi) is 6.99. The van der Waals surface area contributed by atoms with Crippen LogP contribution in [0, 0.1) is 5.92 Å². The summed E-state index contributed by atoms with van der Waals surface area (Å²) < 4.78 is 0. The molecule has 0 saturated heterocycles. The van der Waals surface area contributed by atoms with Crippen LogP contribution in [0.2, 0.25) is 0 Å². The fourth-order valence-electron chi connectivity index (χ4n) is 2.22. The molecular formula is C16H27NO. The minimum Gasteiger partial charge on any atom is -0.396 e. The third kappa shape index (κ3) is 5.65. The Morgan fingerprint density at radius 2 is 1.72 bits per heavy atom. The number of aryl methyl sites for hydroxylation is 1. The van der Waals surface area contributed by atoms with Crippen LogP contribution in [0.15, 0.2) is 30.3 Å². The fourth-order valence-corrected chi connectivity index (χ4v) is 2.22. The van der Waals surface area contributed by atoms with Crippen molar-refractivity contribution in [1.29, 1.82) is 0 Å². The van der Waals surface area contributed by atoms with Gasteiger partial charge >= 0.3 is 0 Å². The van der Waals surface area contributed by atoms with E-state index in [-0.39, 0.29) is 6.61 Å². The molecule has 2 heteroatoms. The summed E-state index contributed by atoms with van der Waals surface area (Å²) in [6.07, 6.45) is 3.09. The first-order valence-corrected chi connectivity index (χ1v) is 7.04. The lowest BCUT2D eigenvalue weighted by atomic mass is 9.95. The molecule has 0 radical (unpaired) electrons. The molecule has 102 valence electrons. The summed E-state index contributed by atoms with van der Waals surface area (Å²) in [5.74, 6) is 0.620. The number of hydrogen-bond acceptors (Lipinski definition) is 2. The summed E-state index contributed by atoms with van der Waals surface area (Å²) in [4.78, 5) is 0. The quantitative estimate of drug-likeness (QED) is 0.742. The molecule has 2 nitrogen and oxygen atoms in total. The van der Waals surface area contributed by atoms with Gasteiger partial charge in [0.05, 0.1) is 0 Å². The van der Waals surface area contributed by atoms with E-state index in [9.17, 15) is 0 Å². The van der Waals surface area contributed by atoms with Crippen LogP contribution in [-0.4, -0.2) is 23.8 Å². The highest BCUT2D eigenvalue weighted by atomic mass is 16.3. The van der Waals surface area contributed by atoms with E-state index in [2.05, 4.69) is 56.4 Å². The molecule has 0 aromatic heterocycles. The maximum absolute atomic E-state index is 8.96. The van der Waals surface area contributed by atoms with Gasteiger partial charge in [0.15, 0.2) is 0 Å². The molecule has 1 aromatic carbocycles. The average molecular weight is 249 g/mol. The molecule has 18 heavy (non-hydrogen) atoms. The second-order valence-corrected chi connectivity index (χ2v) is 5.45. The number of hydrogen-bond donors (Lipinski definition) is 2. The lowest BCUT2D eigenvalue weighted by Crippen LogP contribution is -2.40. The number of aliphatic hydroxyl groups is 1. The molecule has 0 aliphatic carbocycles. The summed E-state index contributed by atoms with van der Waals surface area (Å²) in [6, 6.07) is 11.5. The molecule has 2 N–H and O–H groups in total. The van der Waals surface area contributed by atoms with Gasteiger partial charge in [-0.2, -0.15) is 0 Å². The monoisotopic (exact) mass is 249 g/mol. The third-order valence-corrected chi connectivity index (χ3v) is 3.45. The Balaban J connectivity index is 2.43. The number of aliphatic hydroxyl groups excluding tert-OH is 1. The van der Waals surface area contributed by atoms with Gasteiger partial charge in [-0.15, -0.1) is 0 Å². The van der Waals surface area contributed by atoms with Crippen LogP contribution in [-0.2, 0) is 6.42 Å². The highest BCUT2D eigenvalue weighted by molar-refractivity contribution is 5.14. The van der Waals surface area contributed by atoms with E-state index in [4.69, 9.17) is 5.11 Å². The zero-order valence-electron chi connectivity index (χ0n) is 11.9. The summed E-state index contributed by atoms with van der Waals surface area (Å²) in [5.41, 5.74) is 1.40. The minimum absolute atomic E-state index is 0.262. The molecule has 0 spiro atoms. The standard InChI is InChI=1S/C16H27NO/c1-13(2)16(17-14(3)11-12-18)10-9-15-7-5-4-6-8-15/h4-8,13-14,16-18H,9-12H2,1-3H3/t14-,16?/m1/s1. The van der Waals surface area contributed by atoms with Gasteiger partial charge in [0, 0.05) is 18.7 Å². The largest absolute Gasteiger partial charge is 0.396 e. The van der Waals surface area contributed by atoms with E-state index >= 15 is 0 Å². The zero-order valence-corrected chi connectivity index (χ0v) is 11.9. The maximum Gasteiger partial charge on any atom is 0.0445 e. The lowest BCUT2D eigenvalue weighted by Gasteiger charge is -2.26. The van der Waals surface area contributed by atoms with E-state index in [0.717, 1.165) is 19.3 Å².